The topological polar surface area (TPSA) is 122 Å². The van der Waals surface area contributed by atoms with Gasteiger partial charge in [-0.05, 0) is 25.5 Å². The van der Waals surface area contributed by atoms with E-state index in [9.17, 15) is 8.42 Å². The molecule has 0 heterocycles. The first-order chi connectivity index (χ1) is 11.0. The van der Waals surface area contributed by atoms with Gasteiger partial charge in [-0.3, -0.25) is 0 Å². The van der Waals surface area contributed by atoms with Crippen molar-refractivity contribution < 1.29 is 8.42 Å². The molecule has 0 radical (unpaired) electrons. The number of hydrogen-bond donors (Lipinski definition) is 5. The molecule has 0 spiro atoms. The highest BCUT2D eigenvalue weighted by Gasteiger charge is 2.14. The van der Waals surface area contributed by atoms with Crippen molar-refractivity contribution in [1.29, 1.82) is 0 Å². The molecule has 0 bridgehead atoms. The lowest BCUT2D eigenvalue weighted by Crippen LogP contribution is -2.42. The van der Waals surface area contributed by atoms with E-state index in [1.165, 1.54) is 0 Å². The molecule has 1 rings (SSSR count). The molecular formula is C15H29N5O2S. The summed E-state index contributed by atoms with van der Waals surface area (Å²) in [6, 6.07) is 6.87. The Morgan fingerprint density at radius 1 is 1.04 bits per heavy atom. The molecule has 0 aliphatic carbocycles. The fourth-order valence-corrected chi connectivity index (χ4v) is 3.11. The summed E-state index contributed by atoms with van der Waals surface area (Å²) in [4.78, 5) is 0.284. The maximum atomic E-state index is 12.2. The lowest BCUT2D eigenvalue weighted by atomic mass is 10.2. The SMILES string of the molecule is Cc1ccc(S(=O)(=O)NCCC(CN)NCCNCCN)cc1. The normalized spacial score (nSPS) is 13.2. The number of rotatable bonds is 12. The standard InChI is InChI=1S/C15H29N5O2S/c1-13-2-4-15(5-3-13)23(21,22)20-8-6-14(12-17)19-11-10-18-9-7-16/h2-5,14,18-20H,6-12,16-17H2,1H3. The Balaban J connectivity index is 2.34. The van der Waals surface area contributed by atoms with Crippen LogP contribution in [0.15, 0.2) is 29.2 Å². The van der Waals surface area contributed by atoms with Crippen LogP contribution in [0.3, 0.4) is 0 Å². The van der Waals surface area contributed by atoms with Crippen molar-refractivity contribution in [2.45, 2.75) is 24.3 Å². The third-order valence-electron chi connectivity index (χ3n) is 3.46. The maximum absolute atomic E-state index is 12.2. The summed E-state index contributed by atoms with van der Waals surface area (Å²) in [5, 5.41) is 6.48. The molecule has 0 amide bonds. The summed E-state index contributed by atoms with van der Waals surface area (Å²) in [7, 11) is -3.46. The van der Waals surface area contributed by atoms with Crippen LogP contribution in [0.2, 0.25) is 0 Å². The summed E-state index contributed by atoms with van der Waals surface area (Å²) >= 11 is 0. The molecule has 0 saturated heterocycles. The van der Waals surface area contributed by atoms with Gasteiger partial charge in [0.05, 0.1) is 4.90 Å². The zero-order chi connectivity index (χ0) is 17.1. The van der Waals surface area contributed by atoms with Gasteiger partial charge in [-0.15, -0.1) is 0 Å². The summed E-state index contributed by atoms with van der Waals surface area (Å²) in [6.07, 6.45) is 0.637. The smallest absolute Gasteiger partial charge is 0.240 e. The van der Waals surface area contributed by atoms with Gasteiger partial charge in [0.1, 0.15) is 0 Å². The molecule has 1 atom stereocenters. The van der Waals surface area contributed by atoms with Gasteiger partial charge in [-0.25, -0.2) is 13.1 Å². The predicted octanol–water partition coefficient (Wildman–Crippen LogP) is -0.871. The number of benzene rings is 1. The highest BCUT2D eigenvalue weighted by atomic mass is 32.2. The summed E-state index contributed by atoms with van der Waals surface area (Å²) in [6.45, 7) is 5.70. The molecule has 1 aromatic rings. The van der Waals surface area contributed by atoms with Gasteiger partial charge >= 0.3 is 0 Å². The first-order valence-electron chi connectivity index (χ1n) is 7.90. The summed E-state index contributed by atoms with van der Waals surface area (Å²) < 4.78 is 26.9. The molecule has 1 unspecified atom stereocenters. The minimum absolute atomic E-state index is 0.0791. The van der Waals surface area contributed by atoms with E-state index in [2.05, 4.69) is 15.4 Å². The van der Waals surface area contributed by atoms with E-state index >= 15 is 0 Å². The molecule has 0 aliphatic rings. The fourth-order valence-electron chi connectivity index (χ4n) is 2.06. The average molecular weight is 343 g/mol. The van der Waals surface area contributed by atoms with Crippen molar-refractivity contribution >= 4 is 10.0 Å². The third-order valence-corrected chi connectivity index (χ3v) is 4.93. The maximum Gasteiger partial charge on any atom is 0.240 e. The number of aryl methyl sites for hydroxylation is 1. The monoisotopic (exact) mass is 343 g/mol. The average Bonchev–Trinajstić information content (AvgIpc) is 2.53. The lowest BCUT2D eigenvalue weighted by molar-refractivity contribution is 0.476. The zero-order valence-electron chi connectivity index (χ0n) is 13.7. The van der Waals surface area contributed by atoms with Gasteiger partial charge in [0.25, 0.3) is 0 Å². The second-order valence-corrected chi connectivity index (χ2v) is 7.19. The van der Waals surface area contributed by atoms with Crippen LogP contribution in [0, 0.1) is 6.92 Å². The molecule has 7 nitrogen and oxygen atoms in total. The molecule has 8 heteroatoms. The van der Waals surface area contributed by atoms with E-state index in [4.69, 9.17) is 11.5 Å². The van der Waals surface area contributed by atoms with E-state index in [-0.39, 0.29) is 10.9 Å². The molecule has 0 fully saturated rings. The highest BCUT2D eigenvalue weighted by Crippen LogP contribution is 2.09. The molecule has 132 valence electrons. The fraction of sp³-hybridized carbons (Fsp3) is 0.600. The first kappa shape index (κ1) is 20.0. The van der Waals surface area contributed by atoms with Crippen LogP contribution in [-0.2, 0) is 10.0 Å². The Morgan fingerprint density at radius 3 is 2.35 bits per heavy atom. The molecule has 0 saturated carbocycles. The molecule has 0 aliphatic heterocycles. The van der Waals surface area contributed by atoms with E-state index in [0.717, 1.165) is 25.2 Å². The summed E-state index contributed by atoms with van der Waals surface area (Å²) in [5.41, 5.74) is 12.1. The zero-order valence-corrected chi connectivity index (χ0v) is 14.5. The highest BCUT2D eigenvalue weighted by molar-refractivity contribution is 7.89. The van der Waals surface area contributed by atoms with E-state index in [0.29, 0.717) is 26.1 Å². The van der Waals surface area contributed by atoms with Crippen LogP contribution in [0.5, 0.6) is 0 Å². The number of sulfonamides is 1. The van der Waals surface area contributed by atoms with Crippen molar-refractivity contribution in [3.05, 3.63) is 29.8 Å². The van der Waals surface area contributed by atoms with Crippen LogP contribution < -0.4 is 26.8 Å². The van der Waals surface area contributed by atoms with Crippen molar-refractivity contribution in [3.8, 4) is 0 Å². The van der Waals surface area contributed by atoms with Gasteiger partial charge in [-0.2, -0.15) is 0 Å². The molecule has 1 aromatic carbocycles. The molecule has 23 heavy (non-hydrogen) atoms. The van der Waals surface area contributed by atoms with Gasteiger partial charge in [-0.1, -0.05) is 17.7 Å². The first-order valence-corrected chi connectivity index (χ1v) is 9.38. The van der Waals surface area contributed by atoms with Gasteiger partial charge in [0.2, 0.25) is 10.0 Å². The Labute approximate surface area is 139 Å². The molecule has 0 aromatic heterocycles. The van der Waals surface area contributed by atoms with Crippen LogP contribution >= 0.6 is 0 Å². The minimum atomic E-state index is -3.46. The van der Waals surface area contributed by atoms with Gasteiger partial charge in [0.15, 0.2) is 0 Å². The molecular weight excluding hydrogens is 314 g/mol. The van der Waals surface area contributed by atoms with Crippen molar-refractivity contribution in [2.75, 3.05) is 39.3 Å². The largest absolute Gasteiger partial charge is 0.329 e. The van der Waals surface area contributed by atoms with Crippen molar-refractivity contribution in [2.24, 2.45) is 11.5 Å². The summed E-state index contributed by atoms with van der Waals surface area (Å²) in [5.74, 6) is 0. The number of nitrogens with two attached hydrogens (primary N) is 2. The minimum Gasteiger partial charge on any atom is -0.329 e. The number of nitrogens with one attached hydrogen (secondary N) is 3. The Hall–Kier alpha value is -1.03. The molecule has 7 N–H and O–H groups in total. The van der Waals surface area contributed by atoms with Crippen LogP contribution in [0.4, 0.5) is 0 Å². The van der Waals surface area contributed by atoms with Gasteiger partial charge < -0.3 is 22.1 Å². The Bertz CT molecular complexity index is 533. The quantitative estimate of drug-likeness (QED) is 0.314. The lowest BCUT2D eigenvalue weighted by Gasteiger charge is -2.17. The van der Waals surface area contributed by atoms with Crippen molar-refractivity contribution in [1.82, 2.24) is 15.4 Å². The Kier molecular flexibility index (Phi) is 9.30. The van der Waals surface area contributed by atoms with Crippen LogP contribution in [-0.4, -0.2) is 53.7 Å². The second kappa shape index (κ2) is 10.7. The van der Waals surface area contributed by atoms with Crippen LogP contribution in [0.25, 0.3) is 0 Å². The van der Waals surface area contributed by atoms with Crippen molar-refractivity contribution in [3.63, 3.8) is 0 Å². The second-order valence-electron chi connectivity index (χ2n) is 5.42. The third kappa shape index (κ3) is 7.87. The Morgan fingerprint density at radius 2 is 1.74 bits per heavy atom. The van der Waals surface area contributed by atoms with E-state index < -0.39 is 10.0 Å². The van der Waals surface area contributed by atoms with E-state index in [1.807, 2.05) is 6.92 Å². The predicted molar refractivity (Wildman–Crippen MR) is 93.8 cm³/mol. The van der Waals surface area contributed by atoms with Crippen LogP contribution in [0.1, 0.15) is 12.0 Å². The van der Waals surface area contributed by atoms with E-state index in [1.54, 1.807) is 24.3 Å². The van der Waals surface area contributed by atoms with Gasteiger partial charge in [0, 0.05) is 45.3 Å². The number of hydrogen-bond acceptors (Lipinski definition) is 6.